The molecule has 3 aromatic rings. The summed E-state index contributed by atoms with van der Waals surface area (Å²) in [6.07, 6.45) is 4.25. The van der Waals surface area contributed by atoms with E-state index in [1.54, 1.807) is 19.3 Å². The van der Waals surface area contributed by atoms with Gasteiger partial charge in [0.05, 0.1) is 11.4 Å². The molecule has 0 aliphatic heterocycles. The summed E-state index contributed by atoms with van der Waals surface area (Å²) in [4.78, 5) is 17.8. The minimum Gasteiger partial charge on any atom is -0.350 e. The molecule has 1 N–H and O–H groups in total. The predicted octanol–water partition coefficient (Wildman–Crippen LogP) is 1.94. The average Bonchev–Trinajstić information content (AvgIpc) is 2.98. The summed E-state index contributed by atoms with van der Waals surface area (Å²) in [6.45, 7) is 2.31. The van der Waals surface area contributed by atoms with E-state index in [-0.39, 0.29) is 5.91 Å². The van der Waals surface area contributed by atoms with Gasteiger partial charge in [-0.05, 0) is 37.1 Å². The highest BCUT2D eigenvalue weighted by atomic mass is 16.2. The fourth-order valence-corrected chi connectivity index (χ4v) is 2.22. The smallest absolute Gasteiger partial charge is 0.273 e. The SMILES string of the molecule is Cc1nn(-c2ccccc2)nc1C(=O)NCCc1cccnc1. The Kier molecular flexibility index (Phi) is 4.42. The average molecular weight is 307 g/mol. The van der Waals surface area contributed by atoms with E-state index in [4.69, 9.17) is 0 Å². The minimum atomic E-state index is -0.214. The van der Waals surface area contributed by atoms with Crippen molar-refractivity contribution in [2.45, 2.75) is 13.3 Å². The van der Waals surface area contributed by atoms with Crippen LogP contribution in [0.5, 0.6) is 0 Å². The van der Waals surface area contributed by atoms with Crippen molar-refractivity contribution in [3.05, 3.63) is 71.8 Å². The number of carbonyl (C=O) groups excluding carboxylic acids is 1. The zero-order chi connectivity index (χ0) is 16.1. The van der Waals surface area contributed by atoms with Gasteiger partial charge < -0.3 is 5.32 Å². The summed E-state index contributed by atoms with van der Waals surface area (Å²) >= 11 is 0. The zero-order valence-electron chi connectivity index (χ0n) is 12.8. The molecule has 0 radical (unpaired) electrons. The maximum Gasteiger partial charge on any atom is 0.273 e. The summed E-state index contributed by atoms with van der Waals surface area (Å²) in [5.74, 6) is -0.214. The molecule has 1 aromatic carbocycles. The van der Waals surface area contributed by atoms with Crippen LogP contribution in [0.15, 0.2) is 54.9 Å². The van der Waals surface area contributed by atoms with Crippen LogP contribution in [-0.4, -0.2) is 32.4 Å². The first-order valence-electron chi connectivity index (χ1n) is 7.40. The van der Waals surface area contributed by atoms with E-state index in [0.29, 0.717) is 17.9 Å². The Morgan fingerprint density at radius 1 is 1.13 bits per heavy atom. The molecule has 116 valence electrons. The highest BCUT2D eigenvalue weighted by Gasteiger charge is 2.15. The van der Waals surface area contributed by atoms with Crippen LogP contribution in [0.2, 0.25) is 0 Å². The lowest BCUT2D eigenvalue weighted by molar-refractivity contribution is 0.0948. The summed E-state index contributed by atoms with van der Waals surface area (Å²) < 4.78 is 0. The molecular formula is C17H17N5O. The first-order valence-corrected chi connectivity index (χ1v) is 7.40. The molecule has 3 rings (SSSR count). The molecule has 0 fully saturated rings. The van der Waals surface area contributed by atoms with Gasteiger partial charge in [0.2, 0.25) is 0 Å². The molecule has 0 atom stereocenters. The maximum atomic E-state index is 12.3. The first kappa shape index (κ1) is 14.9. The summed E-state index contributed by atoms with van der Waals surface area (Å²) in [7, 11) is 0. The van der Waals surface area contributed by atoms with Crippen LogP contribution in [-0.2, 0) is 6.42 Å². The zero-order valence-corrected chi connectivity index (χ0v) is 12.8. The largest absolute Gasteiger partial charge is 0.350 e. The van der Waals surface area contributed by atoms with Gasteiger partial charge in [0.25, 0.3) is 5.91 Å². The molecule has 0 spiro atoms. The number of aryl methyl sites for hydroxylation is 1. The van der Waals surface area contributed by atoms with Crippen LogP contribution >= 0.6 is 0 Å². The Balaban J connectivity index is 1.65. The van der Waals surface area contributed by atoms with Crippen molar-refractivity contribution in [2.75, 3.05) is 6.54 Å². The molecule has 6 nitrogen and oxygen atoms in total. The quantitative estimate of drug-likeness (QED) is 0.782. The number of rotatable bonds is 5. The van der Waals surface area contributed by atoms with E-state index >= 15 is 0 Å². The third-order valence-electron chi connectivity index (χ3n) is 3.41. The third kappa shape index (κ3) is 3.60. The molecule has 0 bridgehead atoms. The van der Waals surface area contributed by atoms with E-state index in [0.717, 1.165) is 17.7 Å². The van der Waals surface area contributed by atoms with Gasteiger partial charge in [-0.25, -0.2) is 0 Å². The number of nitrogens with one attached hydrogen (secondary N) is 1. The third-order valence-corrected chi connectivity index (χ3v) is 3.41. The van der Waals surface area contributed by atoms with Crippen molar-refractivity contribution in [1.29, 1.82) is 0 Å². The molecule has 6 heteroatoms. The summed E-state index contributed by atoms with van der Waals surface area (Å²) in [6, 6.07) is 13.4. The Bertz CT molecular complexity index is 783. The fraction of sp³-hybridized carbons (Fsp3) is 0.176. The molecular weight excluding hydrogens is 290 g/mol. The second kappa shape index (κ2) is 6.83. The van der Waals surface area contributed by atoms with E-state index in [1.807, 2.05) is 42.5 Å². The van der Waals surface area contributed by atoms with Gasteiger partial charge in [-0.15, -0.1) is 5.10 Å². The number of para-hydroxylation sites is 1. The van der Waals surface area contributed by atoms with Gasteiger partial charge in [0, 0.05) is 18.9 Å². The minimum absolute atomic E-state index is 0.214. The molecule has 0 aliphatic carbocycles. The number of hydrogen-bond acceptors (Lipinski definition) is 4. The molecule has 1 amide bonds. The summed E-state index contributed by atoms with van der Waals surface area (Å²) in [5, 5.41) is 11.5. The number of aromatic nitrogens is 4. The van der Waals surface area contributed by atoms with Crippen LogP contribution in [0.25, 0.3) is 5.69 Å². The Labute approximate surface area is 134 Å². The Morgan fingerprint density at radius 2 is 1.96 bits per heavy atom. The van der Waals surface area contributed by atoms with Crippen molar-refractivity contribution in [3.63, 3.8) is 0 Å². The Hall–Kier alpha value is -3.02. The Morgan fingerprint density at radius 3 is 2.70 bits per heavy atom. The van der Waals surface area contributed by atoms with Gasteiger partial charge in [-0.3, -0.25) is 9.78 Å². The first-order chi connectivity index (χ1) is 11.2. The van der Waals surface area contributed by atoms with Gasteiger partial charge in [-0.1, -0.05) is 24.3 Å². The number of hydrogen-bond donors (Lipinski definition) is 1. The van der Waals surface area contributed by atoms with E-state index in [2.05, 4.69) is 20.5 Å². The van der Waals surface area contributed by atoms with Crippen molar-refractivity contribution in [1.82, 2.24) is 25.3 Å². The van der Waals surface area contributed by atoms with Crippen molar-refractivity contribution >= 4 is 5.91 Å². The fourth-order valence-electron chi connectivity index (χ4n) is 2.22. The topological polar surface area (TPSA) is 72.7 Å². The van der Waals surface area contributed by atoms with Crippen LogP contribution in [0.1, 0.15) is 21.7 Å². The maximum absolute atomic E-state index is 12.3. The standard InChI is InChI=1S/C17H17N5O/c1-13-16(21-22(20-13)15-7-3-2-4-8-15)17(23)19-11-9-14-6-5-10-18-12-14/h2-8,10,12H,9,11H2,1H3,(H,19,23). The van der Waals surface area contributed by atoms with Gasteiger partial charge in [-0.2, -0.15) is 9.90 Å². The van der Waals surface area contributed by atoms with E-state index in [9.17, 15) is 4.79 Å². The van der Waals surface area contributed by atoms with Crippen LogP contribution < -0.4 is 5.32 Å². The second-order valence-electron chi connectivity index (χ2n) is 5.13. The van der Waals surface area contributed by atoms with Crippen LogP contribution in [0.3, 0.4) is 0 Å². The molecule has 0 aliphatic rings. The number of nitrogens with zero attached hydrogens (tertiary/aromatic N) is 4. The van der Waals surface area contributed by atoms with Crippen molar-refractivity contribution < 1.29 is 4.79 Å². The monoisotopic (exact) mass is 307 g/mol. The molecule has 0 saturated heterocycles. The lowest BCUT2D eigenvalue weighted by atomic mass is 10.2. The summed E-state index contributed by atoms with van der Waals surface area (Å²) in [5.41, 5.74) is 2.86. The van der Waals surface area contributed by atoms with Crippen LogP contribution in [0, 0.1) is 6.92 Å². The molecule has 2 aromatic heterocycles. The molecule has 2 heterocycles. The highest BCUT2D eigenvalue weighted by Crippen LogP contribution is 2.08. The van der Waals surface area contributed by atoms with Gasteiger partial charge in [0.1, 0.15) is 0 Å². The van der Waals surface area contributed by atoms with Crippen molar-refractivity contribution in [3.8, 4) is 5.69 Å². The lowest BCUT2D eigenvalue weighted by Gasteiger charge is -2.03. The van der Waals surface area contributed by atoms with Gasteiger partial charge in [0.15, 0.2) is 5.69 Å². The van der Waals surface area contributed by atoms with E-state index < -0.39 is 0 Å². The second-order valence-corrected chi connectivity index (χ2v) is 5.13. The molecule has 0 unspecified atom stereocenters. The molecule has 23 heavy (non-hydrogen) atoms. The number of pyridine rings is 1. The van der Waals surface area contributed by atoms with E-state index in [1.165, 1.54) is 4.80 Å². The van der Waals surface area contributed by atoms with Crippen LogP contribution in [0.4, 0.5) is 0 Å². The molecule has 0 saturated carbocycles. The lowest BCUT2D eigenvalue weighted by Crippen LogP contribution is -2.26. The van der Waals surface area contributed by atoms with Gasteiger partial charge >= 0.3 is 0 Å². The number of carbonyl (C=O) groups is 1. The highest BCUT2D eigenvalue weighted by molar-refractivity contribution is 5.93. The van der Waals surface area contributed by atoms with Crippen molar-refractivity contribution in [2.24, 2.45) is 0 Å². The normalized spacial score (nSPS) is 10.5. The predicted molar refractivity (Wildman–Crippen MR) is 86.4 cm³/mol. The number of benzene rings is 1. The number of amides is 1.